The van der Waals surface area contributed by atoms with Crippen LogP contribution < -0.4 is 0 Å². The first-order chi connectivity index (χ1) is 12.8. The third-order valence-electron chi connectivity index (χ3n) is 3.44. The summed E-state index contributed by atoms with van der Waals surface area (Å²) in [5, 5.41) is 19.3. The Labute approximate surface area is 163 Å². The Bertz CT molecular complexity index is 659. The Balaban J connectivity index is 1.46. The van der Waals surface area contributed by atoms with Crippen LogP contribution in [0.15, 0.2) is 58.5 Å². The van der Waals surface area contributed by atoms with Gasteiger partial charge < -0.3 is 10.2 Å². The summed E-state index contributed by atoms with van der Waals surface area (Å²) in [5.41, 5.74) is 1.52. The predicted octanol–water partition coefficient (Wildman–Crippen LogP) is 4.10. The van der Waals surface area contributed by atoms with Gasteiger partial charge in [-0.3, -0.25) is 9.98 Å². The first-order valence-corrected chi connectivity index (χ1v) is 10.8. The molecule has 2 aromatic carbocycles. The van der Waals surface area contributed by atoms with Crippen molar-refractivity contribution in [1.82, 2.24) is 0 Å². The van der Waals surface area contributed by atoms with Gasteiger partial charge in [0.1, 0.15) is 11.5 Å². The maximum atomic E-state index is 9.63. The lowest BCUT2D eigenvalue weighted by Crippen LogP contribution is -1.94. The summed E-state index contributed by atoms with van der Waals surface area (Å²) in [6.07, 6.45) is 3.46. The monoisotopic (exact) mass is 388 g/mol. The second-order valence-electron chi connectivity index (χ2n) is 5.41. The van der Waals surface area contributed by atoms with E-state index in [9.17, 15) is 10.2 Å². The highest BCUT2D eigenvalue weighted by atomic mass is 32.2. The van der Waals surface area contributed by atoms with Crippen LogP contribution in [0.4, 0.5) is 0 Å². The van der Waals surface area contributed by atoms with Gasteiger partial charge in [0, 0.05) is 59.7 Å². The number of thioether (sulfide) groups is 2. The van der Waals surface area contributed by atoms with Crippen molar-refractivity contribution in [3.63, 3.8) is 0 Å². The Hall–Kier alpha value is -1.92. The van der Waals surface area contributed by atoms with Crippen LogP contribution in [0.5, 0.6) is 11.5 Å². The molecule has 2 N–H and O–H groups in total. The van der Waals surface area contributed by atoms with E-state index >= 15 is 0 Å². The molecule has 0 aliphatic rings. The third-order valence-corrected chi connectivity index (χ3v) is 5.62. The van der Waals surface area contributed by atoms with E-state index in [1.165, 1.54) is 0 Å². The van der Waals surface area contributed by atoms with Crippen molar-refractivity contribution < 1.29 is 10.2 Å². The minimum Gasteiger partial charge on any atom is -0.507 e. The maximum absolute atomic E-state index is 9.63. The lowest BCUT2D eigenvalue weighted by atomic mass is 10.2. The molecule has 0 spiro atoms. The number of para-hydroxylation sites is 2. The van der Waals surface area contributed by atoms with Gasteiger partial charge >= 0.3 is 0 Å². The highest BCUT2D eigenvalue weighted by Crippen LogP contribution is 2.14. The average Bonchev–Trinajstić information content (AvgIpc) is 2.65. The summed E-state index contributed by atoms with van der Waals surface area (Å²) in [6.45, 7) is 1.52. The largest absolute Gasteiger partial charge is 0.507 e. The SMILES string of the molecule is Oc1ccccc1/C=N/CCSCCSCC/N=C/c1ccccc1O. The number of hydrogen-bond donors (Lipinski definition) is 2. The molecule has 26 heavy (non-hydrogen) atoms. The molecule has 0 heterocycles. The molecule has 0 aromatic heterocycles. The number of rotatable bonds is 11. The van der Waals surface area contributed by atoms with Crippen molar-refractivity contribution in [3.8, 4) is 11.5 Å². The van der Waals surface area contributed by atoms with Gasteiger partial charge in [-0.05, 0) is 24.3 Å². The normalized spacial score (nSPS) is 11.5. The molecule has 2 aromatic rings. The fourth-order valence-electron chi connectivity index (χ4n) is 2.08. The molecular weight excluding hydrogens is 364 g/mol. The molecule has 0 aliphatic carbocycles. The molecule has 0 bridgehead atoms. The number of benzene rings is 2. The first kappa shape index (κ1) is 20.4. The third kappa shape index (κ3) is 7.97. The molecule has 0 fully saturated rings. The molecule has 0 saturated heterocycles. The van der Waals surface area contributed by atoms with Crippen LogP contribution in [0.2, 0.25) is 0 Å². The molecule has 0 radical (unpaired) electrons. The molecule has 0 unspecified atom stereocenters. The van der Waals surface area contributed by atoms with E-state index in [4.69, 9.17) is 0 Å². The van der Waals surface area contributed by atoms with Gasteiger partial charge in [-0.2, -0.15) is 23.5 Å². The van der Waals surface area contributed by atoms with Gasteiger partial charge in [0.15, 0.2) is 0 Å². The molecule has 4 nitrogen and oxygen atoms in total. The van der Waals surface area contributed by atoms with Crippen LogP contribution in [0.1, 0.15) is 11.1 Å². The molecule has 0 aliphatic heterocycles. The van der Waals surface area contributed by atoms with E-state index in [0.29, 0.717) is 0 Å². The summed E-state index contributed by atoms with van der Waals surface area (Å²) >= 11 is 3.77. The topological polar surface area (TPSA) is 65.2 Å². The van der Waals surface area contributed by atoms with Crippen molar-refractivity contribution in [2.45, 2.75) is 0 Å². The first-order valence-electron chi connectivity index (χ1n) is 8.48. The van der Waals surface area contributed by atoms with E-state index in [2.05, 4.69) is 9.98 Å². The van der Waals surface area contributed by atoms with Crippen LogP contribution in [-0.4, -0.2) is 58.7 Å². The molecule has 0 atom stereocenters. The van der Waals surface area contributed by atoms with E-state index < -0.39 is 0 Å². The van der Waals surface area contributed by atoms with Crippen molar-refractivity contribution in [1.29, 1.82) is 0 Å². The average molecular weight is 389 g/mol. The number of nitrogens with zero attached hydrogens (tertiary/aromatic N) is 2. The summed E-state index contributed by atoms with van der Waals surface area (Å²) in [5.74, 6) is 4.70. The van der Waals surface area contributed by atoms with Gasteiger partial charge in [-0.15, -0.1) is 0 Å². The number of hydrogen-bond acceptors (Lipinski definition) is 6. The second-order valence-corrected chi connectivity index (χ2v) is 7.86. The Kier molecular flexibility index (Phi) is 9.75. The lowest BCUT2D eigenvalue weighted by molar-refractivity contribution is 0.474. The maximum Gasteiger partial charge on any atom is 0.124 e. The van der Waals surface area contributed by atoms with Crippen molar-refractivity contribution in [2.24, 2.45) is 9.98 Å². The van der Waals surface area contributed by atoms with Crippen LogP contribution in [-0.2, 0) is 0 Å². The number of phenols is 2. The van der Waals surface area contributed by atoms with Crippen LogP contribution in [0.3, 0.4) is 0 Å². The Morgan fingerprint density at radius 2 is 1.08 bits per heavy atom. The predicted molar refractivity (Wildman–Crippen MR) is 116 cm³/mol. The van der Waals surface area contributed by atoms with Crippen LogP contribution in [0, 0.1) is 0 Å². The Morgan fingerprint density at radius 1 is 0.654 bits per heavy atom. The minimum atomic E-state index is 0.269. The van der Waals surface area contributed by atoms with Crippen LogP contribution >= 0.6 is 23.5 Å². The number of aliphatic imine (C=N–C) groups is 2. The summed E-state index contributed by atoms with van der Waals surface area (Å²) in [7, 11) is 0. The quantitative estimate of drug-likeness (QED) is 0.449. The van der Waals surface area contributed by atoms with Crippen LogP contribution in [0.25, 0.3) is 0 Å². The molecule has 0 saturated carbocycles. The summed E-state index contributed by atoms with van der Waals surface area (Å²) in [4.78, 5) is 8.69. The molecule has 0 amide bonds. The van der Waals surface area contributed by atoms with Gasteiger partial charge in [0.05, 0.1) is 0 Å². The smallest absolute Gasteiger partial charge is 0.124 e. The van der Waals surface area contributed by atoms with Gasteiger partial charge in [0.25, 0.3) is 0 Å². The minimum absolute atomic E-state index is 0.269. The van der Waals surface area contributed by atoms with E-state index in [1.807, 2.05) is 47.8 Å². The standard InChI is InChI=1S/C20H24N2O2S2/c23-19-7-3-1-5-17(19)15-21-9-11-25-13-14-26-12-10-22-16-18-6-2-4-8-20(18)24/h1-8,15-16,23-24H,9-14H2/b21-15+,22-16+. The highest BCUT2D eigenvalue weighted by molar-refractivity contribution is 8.02. The number of phenolic OH excluding ortho intramolecular Hbond substituents is 2. The lowest BCUT2D eigenvalue weighted by Gasteiger charge is -2.00. The number of aromatic hydroxyl groups is 2. The van der Waals surface area contributed by atoms with Gasteiger partial charge in [0.2, 0.25) is 0 Å². The molecule has 6 heteroatoms. The molecule has 138 valence electrons. The fourth-order valence-corrected chi connectivity index (χ4v) is 3.90. The van der Waals surface area contributed by atoms with Crippen molar-refractivity contribution in [3.05, 3.63) is 59.7 Å². The molecular formula is C20H24N2O2S2. The fraction of sp³-hybridized carbons (Fsp3) is 0.300. The van der Waals surface area contributed by atoms with Gasteiger partial charge in [-0.25, -0.2) is 0 Å². The van der Waals surface area contributed by atoms with E-state index in [1.54, 1.807) is 36.7 Å². The van der Waals surface area contributed by atoms with E-state index in [-0.39, 0.29) is 11.5 Å². The van der Waals surface area contributed by atoms with Gasteiger partial charge in [-0.1, -0.05) is 24.3 Å². The zero-order chi connectivity index (χ0) is 18.5. The second kappa shape index (κ2) is 12.4. The summed E-state index contributed by atoms with van der Waals surface area (Å²) in [6, 6.07) is 14.4. The van der Waals surface area contributed by atoms with E-state index in [0.717, 1.165) is 47.2 Å². The van der Waals surface area contributed by atoms with Crippen molar-refractivity contribution >= 4 is 36.0 Å². The highest BCUT2D eigenvalue weighted by Gasteiger charge is 1.96. The zero-order valence-electron chi connectivity index (χ0n) is 14.6. The van der Waals surface area contributed by atoms with Crippen molar-refractivity contribution in [2.75, 3.05) is 36.1 Å². The molecule has 2 rings (SSSR count). The Morgan fingerprint density at radius 3 is 1.50 bits per heavy atom. The zero-order valence-corrected chi connectivity index (χ0v) is 16.3. The summed E-state index contributed by atoms with van der Waals surface area (Å²) < 4.78 is 0.